The summed E-state index contributed by atoms with van der Waals surface area (Å²) in [6.45, 7) is 0. The first-order valence-corrected chi connectivity index (χ1v) is 3.11. The third kappa shape index (κ3) is 0.936. The molecular formula is C3H3NOS3. The molecule has 44 valence electrons. The van der Waals surface area contributed by atoms with Crippen LogP contribution in [-0.4, -0.2) is 5.16 Å². The number of H-pyrrole nitrogens is 1. The summed E-state index contributed by atoms with van der Waals surface area (Å²) >= 11 is 12.5. The van der Waals surface area contributed by atoms with Gasteiger partial charge in [0.05, 0.1) is 4.90 Å². The van der Waals surface area contributed by atoms with E-state index in [9.17, 15) is 0 Å². The number of nitrogens with one attached hydrogen (secondary N) is 1. The van der Waals surface area contributed by atoms with Crippen LogP contribution in [0.5, 0.6) is 0 Å². The van der Waals surface area contributed by atoms with Crippen molar-refractivity contribution < 1.29 is 4.52 Å². The highest BCUT2D eigenvalue weighted by atomic mass is 32.1. The molecule has 8 heavy (non-hydrogen) atoms. The Hall–Kier alpha value is 0.130. The first-order valence-electron chi connectivity index (χ1n) is 1.81. The molecule has 0 aromatic carbocycles. The lowest BCUT2D eigenvalue weighted by Crippen LogP contribution is -1.55. The lowest BCUT2D eigenvalue weighted by atomic mass is 10.7. The average molecular weight is 165 g/mol. The van der Waals surface area contributed by atoms with Crippen LogP contribution in [0.1, 0.15) is 0 Å². The van der Waals surface area contributed by atoms with E-state index in [0.29, 0.717) is 14.6 Å². The van der Waals surface area contributed by atoms with Crippen LogP contribution >= 0.6 is 37.5 Å². The van der Waals surface area contributed by atoms with Crippen LogP contribution in [-0.2, 0) is 0 Å². The van der Waals surface area contributed by atoms with Crippen LogP contribution in [0.2, 0.25) is 0 Å². The minimum absolute atomic E-state index is 0.429. The van der Waals surface area contributed by atoms with Crippen molar-refractivity contribution >= 4 is 37.5 Å². The number of aromatic nitrogens is 1. The molecule has 0 spiro atoms. The van der Waals surface area contributed by atoms with Crippen LogP contribution in [0.4, 0.5) is 0 Å². The lowest BCUT2D eigenvalue weighted by Gasteiger charge is -1.74. The Bertz CT molecular complexity index is 237. The van der Waals surface area contributed by atoms with Crippen molar-refractivity contribution in [2.45, 2.75) is 9.99 Å². The highest BCUT2D eigenvalue weighted by Crippen LogP contribution is 2.17. The lowest BCUT2D eigenvalue weighted by molar-refractivity contribution is 0.344. The maximum absolute atomic E-state index is 4.70. The first kappa shape index (κ1) is 6.25. The summed E-state index contributed by atoms with van der Waals surface area (Å²) < 4.78 is 5.14. The van der Waals surface area contributed by atoms with Crippen LogP contribution in [0.15, 0.2) is 14.5 Å². The Kier molecular flexibility index (Phi) is 1.69. The van der Waals surface area contributed by atoms with E-state index in [1.165, 1.54) is 0 Å². The van der Waals surface area contributed by atoms with Crippen LogP contribution < -0.4 is 0 Å². The van der Waals surface area contributed by atoms with Gasteiger partial charge in [0.25, 0.3) is 0 Å². The van der Waals surface area contributed by atoms with E-state index in [1.807, 2.05) is 0 Å². The second-order valence-corrected chi connectivity index (χ2v) is 2.45. The summed E-state index contributed by atoms with van der Waals surface area (Å²) in [6.07, 6.45) is 0. The van der Waals surface area contributed by atoms with Crippen molar-refractivity contribution in [2.75, 3.05) is 0 Å². The molecule has 0 aliphatic rings. The minimum Gasteiger partial charge on any atom is -0.373 e. The van der Waals surface area contributed by atoms with Gasteiger partial charge in [-0.15, -0.1) is 25.3 Å². The van der Waals surface area contributed by atoms with Crippen molar-refractivity contribution in [3.8, 4) is 0 Å². The molecule has 0 saturated heterocycles. The van der Waals surface area contributed by atoms with E-state index in [0.717, 1.165) is 0 Å². The maximum Gasteiger partial charge on any atom is 0.201 e. The molecule has 2 nitrogen and oxygen atoms in total. The van der Waals surface area contributed by atoms with Crippen molar-refractivity contribution in [1.82, 2.24) is 5.16 Å². The van der Waals surface area contributed by atoms with Gasteiger partial charge in [-0.25, -0.2) is 5.16 Å². The molecule has 0 aliphatic carbocycles. The van der Waals surface area contributed by atoms with Gasteiger partial charge >= 0.3 is 0 Å². The summed E-state index contributed by atoms with van der Waals surface area (Å²) in [5, 5.41) is 2.85. The molecule has 0 fully saturated rings. The number of hydrogen-bond acceptors (Lipinski definition) is 4. The van der Waals surface area contributed by atoms with E-state index < -0.39 is 0 Å². The summed E-state index contributed by atoms with van der Waals surface area (Å²) in [6, 6.07) is 0. The molecule has 0 unspecified atom stereocenters. The van der Waals surface area contributed by atoms with Crippen LogP contribution in [0, 0.1) is 4.64 Å². The molecule has 5 heteroatoms. The fourth-order valence-electron chi connectivity index (χ4n) is 0.288. The summed E-state index contributed by atoms with van der Waals surface area (Å²) in [4.78, 5) is 0.586. The smallest absolute Gasteiger partial charge is 0.201 e. The Morgan fingerprint density at radius 1 is 1.50 bits per heavy atom. The Morgan fingerprint density at radius 3 is 2.25 bits per heavy atom. The number of rotatable bonds is 0. The van der Waals surface area contributed by atoms with Crippen molar-refractivity contribution in [2.24, 2.45) is 0 Å². The monoisotopic (exact) mass is 165 g/mol. The van der Waals surface area contributed by atoms with Crippen molar-refractivity contribution in [3.05, 3.63) is 4.64 Å². The molecule has 0 amide bonds. The highest BCUT2D eigenvalue weighted by molar-refractivity contribution is 7.83. The Balaban J connectivity index is 3.41. The zero-order valence-electron chi connectivity index (χ0n) is 3.71. The predicted molar refractivity (Wildman–Crippen MR) is 38.4 cm³/mol. The summed E-state index contributed by atoms with van der Waals surface area (Å²) in [5.41, 5.74) is 0. The van der Waals surface area contributed by atoms with Crippen LogP contribution in [0.25, 0.3) is 0 Å². The SMILES string of the molecule is S=c1[nH]oc(S)c1S. The van der Waals surface area contributed by atoms with E-state index in [-0.39, 0.29) is 0 Å². The molecule has 1 aromatic heterocycles. The van der Waals surface area contributed by atoms with Gasteiger partial charge in [-0.05, 0) is 0 Å². The molecule has 0 atom stereocenters. The van der Waals surface area contributed by atoms with Gasteiger partial charge < -0.3 is 4.52 Å². The second-order valence-electron chi connectivity index (χ2n) is 1.19. The van der Waals surface area contributed by atoms with E-state index in [2.05, 4.69) is 34.9 Å². The van der Waals surface area contributed by atoms with Gasteiger partial charge in [-0.1, -0.05) is 12.2 Å². The van der Waals surface area contributed by atoms with E-state index in [1.54, 1.807) is 0 Å². The predicted octanol–water partition coefficient (Wildman–Crippen LogP) is 1.91. The van der Waals surface area contributed by atoms with Crippen LogP contribution in [0.3, 0.4) is 0 Å². The molecule has 0 bridgehead atoms. The molecule has 1 aromatic rings. The quantitative estimate of drug-likeness (QED) is 0.405. The topological polar surface area (TPSA) is 28.9 Å². The van der Waals surface area contributed by atoms with Crippen molar-refractivity contribution in [1.29, 1.82) is 0 Å². The van der Waals surface area contributed by atoms with Gasteiger partial charge in [0, 0.05) is 0 Å². The van der Waals surface area contributed by atoms with E-state index in [4.69, 9.17) is 12.2 Å². The zero-order chi connectivity index (χ0) is 6.15. The first-order chi connectivity index (χ1) is 3.72. The standard InChI is InChI=1S/C3H3NOS3/c6-1-2(7)4-5-3(1)8/h6,8H,(H,4,7). The number of thiol groups is 2. The number of aromatic amines is 1. The highest BCUT2D eigenvalue weighted by Gasteiger charge is 1.97. The fraction of sp³-hybridized carbons (Fsp3) is 0. The Labute approximate surface area is 62.1 Å². The van der Waals surface area contributed by atoms with Gasteiger partial charge in [0.2, 0.25) is 5.09 Å². The summed E-state index contributed by atoms with van der Waals surface area (Å²) in [5.74, 6) is 0. The molecule has 0 saturated carbocycles. The Morgan fingerprint density at radius 2 is 2.12 bits per heavy atom. The zero-order valence-corrected chi connectivity index (χ0v) is 6.32. The molecule has 1 heterocycles. The molecule has 0 aliphatic heterocycles. The molecule has 1 N–H and O–H groups in total. The number of hydrogen-bond donors (Lipinski definition) is 3. The largest absolute Gasteiger partial charge is 0.373 e. The third-order valence-corrected chi connectivity index (χ3v) is 2.01. The van der Waals surface area contributed by atoms with Gasteiger partial charge in [0.1, 0.15) is 0 Å². The molecular weight excluding hydrogens is 162 g/mol. The van der Waals surface area contributed by atoms with Crippen molar-refractivity contribution in [3.63, 3.8) is 0 Å². The molecule has 1 rings (SSSR count). The van der Waals surface area contributed by atoms with Gasteiger partial charge in [0.15, 0.2) is 4.64 Å². The van der Waals surface area contributed by atoms with E-state index >= 15 is 0 Å². The maximum atomic E-state index is 4.70. The normalized spacial score (nSPS) is 9.75. The second kappa shape index (κ2) is 2.16. The minimum atomic E-state index is 0.429. The third-order valence-electron chi connectivity index (χ3n) is 0.658. The average Bonchev–Trinajstić information content (AvgIpc) is 1.98. The molecule has 0 radical (unpaired) electrons. The van der Waals surface area contributed by atoms with Gasteiger partial charge in [-0.3, -0.25) is 0 Å². The summed E-state index contributed by atoms with van der Waals surface area (Å²) in [7, 11) is 0. The van der Waals surface area contributed by atoms with Gasteiger partial charge in [-0.2, -0.15) is 0 Å². The fourth-order valence-corrected chi connectivity index (χ4v) is 0.747.